The summed E-state index contributed by atoms with van der Waals surface area (Å²) < 4.78 is 0. The van der Waals surface area contributed by atoms with Crippen molar-refractivity contribution in [2.24, 2.45) is 0 Å². The van der Waals surface area contributed by atoms with Crippen LogP contribution < -0.4 is 5.32 Å². The number of hydrogen-bond acceptors (Lipinski definition) is 4. The fourth-order valence-electron chi connectivity index (χ4n) is 0.382. The van der Waals surface area contributed by atoms with Crippen LogP contribution in [0.5, 0.6) is 0 Å². The van der Waals surface area contributed by atoms with Gasteiger partial charge in [0, 0.05) is 5.57 Å². The van der Waals surface area contributed by atoms with Gasteiger partial charge in [-0.05, 0) is 13.8 Å². The van der Waals surface area contributed by atoms with Gasteiger partial charge in [-0.3, -0.25) is 10.1 Å². The number of nitrogens with one attached hydrogen (secondary N) is 1. The van der Waals surface area contributed by atoms with E-state index in [0.29, 0.717) is 0 Å². The van der Waals surface area contributed by atoms with Crippen LogP contribution in [0.4, 0.5) is 0 Å². The third-order valence-corrected chi connectivity index (χ3v) is 1.07. The molecule has 0 atom stereocenters. The van der Waals surface area contributed by atoms with Gasteiger partial charge in [-0.25, -0.2) is 0 Å². The van der Waals surface area contributed by atoms with Crippen molar-refractivity contribution in [2.75, 3.05) is 0 Å². The lowest BCUT2D eigenvalue weighted by Gasteiger charge is -2.14. The predicted molar refractivity (Wildman–Crippen MR) is 37.0 cm³/mol. The Hall–Kier alpha value is -0.910. The fourth-order valence-corrected chi connectivity index (χ4v) is 0.382. The van der Waals surface area contributed by atoms with Crippen LogP contribution in [0.25, 0.3) is 0 Å². The largest absolute Gasteiger partial charge is 0.369 e. The van der Waals surface area contributed by atoms with E-state index in [1.807, 2.05) is 0 Å². The zero-order valence-electron chi connectivity index (χ0n) is 6.33. The average molecular weight is 161 g/mol. The number of amides is 1. The summed E-state index contributed by atoms with van der Waals surface area (Å²) in [6.07, 6.45) is -1.66. The molecule has 0 aromatic rings. The molecule has 0 aliphatic heterocycles. The van der Waals surface area contributed by atoms with Gasteiger partial charge >= 0.3 is 6.10 Å². The number of carbonyl (C=O) groups excluding carboxylic acids is 1. The van der Waals surface area contributed by atoms with E-state index in [4.69, 9.17) is 15.3 Å². The minimum atomic E-state index is -3.14. The summed E-state index contributed by atoms with van der Waals surface area (Å²) in [6.45, 7) is 3.09. The molecule has 0 heterocycles. The molecule has 0 rings (SSSR count). The highest BCUT2D eigenvalue weighted by atomic mass is 16.7. The summed E-state index contributed by atoms with van der Waals surface area (Å²) in [5, 5.41) is 26.4. The molecule has 1 amide bonds. The third kappa shape index (κ3) is 4.49. The highest BCUT2D eigenvalue weighted by Crippen LogP contribution is 1.94. The Morgan fingerprint density at radius 1 is 1.45 bits per heavy atom. The molecule has 0 radical (unpaired) electrons. The van der Waals surface area contributed by atoms with Crippen molar-refractivity contribution in [3.63, 3.8) is 0 Å². The van der Waals surface area contributed by atoms with Crippen LogP contribution in [0.1, 0.15) is 13.8 Å². The SMILES string of the molecule is CC=C(C)C(=O)NC(O)(O)O. The predicted octanol–water partition coefficient (Wildman–Crippen LogP) is -1.34. The molecule has 5 heteroatoms. The van der Waals surface area contributed by atoms with E-state index in [0.717, 1.165) is 0 Å². The van der Waals surface area contributed by atoms with Crippen LogP contribution in [0, 0.1) is 0 Å². The quantitative estimate of drug-likeness (QED) is 0.298. The molecular formula is C6H11NO4. The first-order valence-corrected chi connectivity index (χ1v) is 2.99. The van der Waals surface area contributed by atoms with E-state index in [-0.39, 0.29) is 5.57 Å². The molecule has 0 aliphatic carbocycles. The van der Waals surface area contributed by atoms with Crippen LogP contribution in [0.15, 0.2) is 11.6 Å². The standard InChI is InChI=1S/C6H11NO4/c1-3-4(2)5(8)7-6(9,10)11/h3,9-11H,1-2H3,(H,7,8). The Morgan fingerprint density at radius 3 is 2.18 bits per heavy atom. The van der Waals surface area contributed by atoms with Crippen LogP contribution in [0.2, 0.25) is 0 Å². The normalized spacial score (nSPS) is 13.0. The second kappa shape index (κ2) is 3.47. The molecule has 5 nitrogen and oxygen atoms in total. The first-order chi connectivity index (χ1) is 4.87. The Labute approximate surface area is 64.0 Å². The van der Waals surface area contributed by atoms with Gasteiger partial charge in [0.1, 0.15) is 0 Å². The lowest BCUT2D eigenvalue weighted by molar-refractivity contribution is -0.325. The van der Waals surface area contributed by atoms with Crippen LogP contribution in [0.3, 0.4) is 0 Å². The van der Waals surface area contributed by atoms with Crippen LogP contribution in [-0.4, -0.2) is 27.3 Å². The summed E-state index contributed by atoms with van der Waals surface area (Å²) in [4.78, 5) is 10.7. The van der Waals surface area contributed by atoms with E-state index in [1.165, 1.54) is 18.3 Å². The zero-order valence-corrected chi connectivity index (χ0v) is 6.33. The highest BCUT2D eigenvalue weighted by molar-refractivity contribution is 5.92. The molecule has 0 aliphatic rings. The van der Waals surface area contributed by atoms with Gasteiger partial charge in [0.05, 0.1) is 0 Å². The Morgan fingerprint density at radius 2 is 1.91 bits per heavy atom. The second-order valence-electron chi connectivity index (χ2n) is 2.06. The van der Waals surface area contributed by atoms with Crippen LogP contribution in [-0.2, 0) is 4.79 Å². The summed E-state index contributed by atoms with van der Waals surface area (Å²) >= 11 is 0. The molecule has 0 bridgehead atoms. The van der Waals surface area contributed by atoms with Crippen molar-refractivity contribution >= 4 is 5.91 Å². The third-order valence-electron chi connectivity index (χ3n) is 1.07. The van der Waals surface area contributed by atoms with E-state index < -0.39 is 12.0 Å². The molecule has 0 aromatic heterocycles. The van der Waals surface area contributed by atoms with Gasteiger partial charge in [0.25, 0.3) is 5.91 Å². The van der Waals surface area contributed by atoms with Gasteiger partial charge in [0.2, 0.25) is 0 Å². The van der Waals surface area contributed by atoms with Crippen molar-refractivity contribution < 1.29 is 20.1 Å². The van der Waals surface area contributed by atoms with Gasteiger partial charge < -0.3 is 15.3 Å². The van der Waals surface area contributed by atoms with Crippen molar-refractivity contribution in [3.8, 4) is 0 Å². The maximum atomic E-state index is 10.7. The van der Waals surface area contributed by atoms with E-state index >= 15 is 0 Å². The number of aliphatic hydroxyl groups is 3. The van der Waals surface area contributed by atoms with Crippen molar-refractivity contribution in [1.82, 2.24) is 5.32 Å². The molecular weight excluding hydrogens is 150 g/mol. The first-order valence-electron chi connectivity index (χ1n) is 2.99. The maximum Gasteiger partial charge on any atom is 0.369 e. The number of hydrogen-bond donors (Lipinski definition) is 4. The average Bonchev–Trinajstić information content (AvgIpc) is 1.82. The summed E-state index contributed by atoms with van der Waals surface area (Å²) in [5.74, 6) is -0.736. The molecule has 0 saturated heterocycles. The molecule has 0 fully saturated rings. The van der Waals surface area contributed by atoms with Crippen molar-refractivity contribution in [3.05, 3.63) is 11.6 Å². The maximum absolute atomic E-state index is 10.7. The Kier molecular flexibility index (Phi) is 3.18. The molecule has 64 valence electrons. The Balaban J connectivity index is 4.10. The molecule has 0 saturated carbocycles. The smallest absolute Gasteiger partial charge is 0.325 e. The second-order valence-corrected chi connectivity index (χ2v) is 2.06. The zero-order chi connectivity index (χ0) is 9.07. The molecule has 0 spiro atoms. The van der Waals surface area contributed by atoms with Crippen molar-refractivity contribution in [2.45, 2.75) is 19.9 Å². The minimum absolute atomic E-state index is 0.284. The molecule has 0 aromatic carbocycles. The topological polar surface area (TPSA) is 89.8 Å². The van der Waals surface area contributed by atoms with E-state index in [9.17, 15) is 4.79 Å². The summed E-state index contributed by atoms with van der Waals surface area (Å²) in [7, 11) is 0. The van der Waals surface area contributed by atoms with Gasteiger partial charge in [-0.15, -0.1) is 0 Å². The number of allylic oxidation sites excluding steroid dienone is 1. The van der Waals surface area contributed by atoms with Gasteiger partial charge in [-0.1, -0.05) is 6.08 Å². The fraction of sp³-hybridized carbons (Fsp3) is 0.500. The first kappa shape index (κ1) is 10.1. The monoisotopic (exact) mass is 161 g/mol. The van der Waals surface area contributed by atoms with Gasteiger partial charge in [-0.2, -0.15) is 0 Å². The molecule has 11 heavy (non-hydrogen) atoms. The van der Waals surface area contributed by atoms with Gasteiger partial charge in [0.15, 0.2) is 0 Å². The Bertz CT molecular complexity index is 180. The van der Waals surface area contributed by atoms with E-state index in [2.05, 4.69) is 0 Å². The summed E-state index contributed by atoms with van der Waals surface area (Å²) in [6, 6.07) is 0. The lowest BCUT2D eigenvalue weighted by Crippen LogP contribution is -2.48. The summed E-state index contributed by atoms with van der Waals surface area (Å²) in [5.41, 5.74) is 0.284. The molecule has 4 N–H and O–H groups in total. The van der Waals surface area contributed by atoms with Crippen molar-refractivity contribution in [1.29, 1.82) is 0 Å². The lowest BCUT2D eigenvalue weighted by atomic mass is 10.3. The number of rotatable bonds is 2. The van der Waals surface area contributed by atoms with Crippen LogP contribution >= 0.6 is 0 Å². The minimum Gasteiger partial charge on any atom is -0.325 e. The van der Waals surface area contributed by atoms with E-state index in [1.54, 1.807) is 6.92 Å². The molecule has 0 unspecified atom stereocenters. The highest BCUT2D eigenvalue weighted by Gasteiger charge is 2.21. The number of carbonyl (C=O) groups is 1.